The van der Waals surface area contributed by atoms with Gasteiger partial charge in [-0.05, 0) is 48.3 Å². The molecule has 1 nitrogen and oxygen atoms in total. The van der Waals surface area contributed by atoms with Gasteiger partial charge in [0.25, 0.3) is 0 Å². The van der Waals surface area contributed by atoms with Gasteiger partial charge >= 0.3 is 0 Å². The Bertz CT molecular complexity index is 464. The molecular formula is C17H21NS. The second-order valence-electron chi connectivity index (χ2n) is 4.69. The average Bonchev–Trinajstić information content (AvgIpc) is 2.48. The summed E-state index contributed by atoms with van der Waals surface area (Å²) in [5.41, 5.74) is 3.99. The summed E-state index contributed by atoms with van der Waals surface area (Å²) in [4.78, 5) is 0. The molecule has 0 heterocycles. The number of rotatable bonds is 7. The van der Waals surface area contributed by atoms with Crippen LogP contribution in [0.5, 0.6) is 0 Å². The Morgan fingerprint density at radius 2 is 1.42 bits per heavy atom. The van der Waals surface area contributed by atoms with E-state index in [0.717, 1.165) is 31.6 Å². The molecule has 0 saturated carbocycles. The van der Waals surface area contributed by atoms with Crippen molar-refractivity contribution in [2.75, 3.05) is 17.6 Å². The van der Waals surface area contributed by atoms with Crippen molar-refractivity contribution in [2.45, 2.75) is 19.3 Å². The second-order valence-corrected chi connectivity index (χ2v) is 5.13. The fourth-order valence-electron chi connectivity index (χ4n) is 2.03. The van der Waals surface area contributed by atoms with Crippen molar-refractivity contribution in [3.05, 3.63) is 65.7 Å². The van der Waals surface area contributed by atoms with Crippen LogP contribution >= 0.6 is 12.6 Å². The maximum Gasteiger partial charge on any atom is 0.0340 e. The molecule has 0 radical (unpaired) electrons. The van der Waals surface area contributed by atoms with Crippen molar-refractivity contribution in [1.29, 1.82) is 0 Å². The minimum Gasteiger partial charge on any atom is -0.385 e. The van der Waals surface area contributed by atoms with Crippen molar-refractivity contribution < 1.29 is 0 Å². The third-order valence-corrected chi connectivity index (χ3v) is 3.48. The molecule has 0 atom stereocenters. The number of aryl methyl sites for hydroxylation is 2. The number of nitrogens with one attached hydrogen (secondary N) is 1. The quantitative estimate of drug-likeness (QED) is 0.568. The van der Waals surface area contributed by atoms with Gasteiger partial charge in [0.1, 0.15) is 0 Å². The Morgan fingerprint density at radius 1 is 0.789 bits per heavy atom. The van der Waals surface area contributed by atoms with Crippen LogP contribution in [0.25, 0.3) is 0 Å². The molecule has 0 unspecified atom stereocenters. The molecule has 2 heteroatoms. The highest BCUT2D eigenvalue weighted by molar-refractivity contribution is 7.80. The minimum absolute atomic E-state index is 0.933. The summed E-state index contributed by atoms with van der Waals surface area (Å²) in [5, 5.41) is 3.40. The molecule has 0 aliphatic carbocycles. The van der Waals surface area contributed by atoms with Crippen LogP contribution in [-0.2, 0) is 12.8 Å². The number of anilines is 1. The first-order valence-corrected chi connectivity index (χ1v) is 7.49. The molecule has 0 saturated heterocycles. The van der Waals surface area contributed by atoms with Crippen LogP contribution in [-0.4, -0.2) is 12.3 Å². The Hall–Kier alpha value is -1.41. The lowest BCUT2D eigenvalue weighted by atomic mass is 10.0. The topological polar surface area (TPSA) is 12.0 Å². The molecule has 0 aliphatic heterocycles. The standard InChI is InChI=1S/C17H21NS/c19-14-4-13-18-17-11-9-16(10-12-17)8-7-15-5-2-1-3-6-15/h1-3,5-6,9-12,18-19H,4,7-8,13-14H2. The zero-order valence-corrected chi connectivity index (χ0v) is 12.1. The van der Waals surface area contributed by atoms with E-state index in [1.165, 1.54) is 16.8 Å². The SMILES string of the molecule is SCCCNc1ccc(CCc2ccccc2)cc1. The predicted octanol–water partition coefficient (Wildman–Crippen LogP) is 4.20. The molecule has 0 aliphatic rings. The maximum atomic E-state index is 4.21. The Morgan fingerprint density at radius 3 is 2.05 bits per heavy atom. The molecule has 0 bridgehead atoms. The molecule has 0 spiro atoms. The van der Waals surface area contributed by atoms with Crippen LogP contribution in [0, 0.1) is 0 Å². The van der Waals surface area contributed by atoms with Gasteiger partial charge < -0.3 is 5.32 Å². The van der Waals surface area contributed by atoms with E-state index in [1.807, 2.05) is 0 Å². The van der Waals surface area contributed by atoms with Crippen molar-refractivity contribution in [2.24, 2.45) is 0 Å². The molecule has 100 valence electrons. The monoisotopic (exact) mass is 271 g/mol. The van der Waals surface area contributed by atoms with Crippen molar-refractivity contribution in [3.63, 3.8) is 0 Å². The number of thiol groups is 1. The van der Waals surface area contributed by atoms with Crippen LogP contribution in [0.2, 0.25) is 0 Å². The van der Waals surface area contributed by atoms with Crippen LogP contribution in [0.3, 0.4) is 0 Å². The highest BCUT2D eigenvalue weighted by Gasteiger charge is 1.96. The molecule has 1 N–H and O–H groups in total. The van der Waals surface area contributed by atoms with E-state index in [0.29, 0.717) is 0 Å². The lowest BCUT2D eigenvalue weighted by Gasteiger charge is -2.07. The van der Waals surface area contributed by atoms with E-state index in [9.17, 15) is 0 Å². The summed E-state index contributed by atoms with van der Waals surface area (Å²) in [6.07, 6.45) is 3.30. The number of hydrogen-bond donors (Lipinski definition) is 2. The van der Waals surface area contributed by atoms with Gasteiger partial charge in [-0.1, -0.05) is 42.5 Å². The Labute approximate surface area is 121 Å². The van der Waals surface area contributed by atoms with E-state index >= 15 is 0 Å². The van der Waals surface area contributed by atoms with Gasteiger partial charge in [0.15, 0.2) is 0 Å². The molecule has 2 aromatic rings. The minimum atomic E-state index is 0.933. The van der Waals surface area contributed by atoms with E-state index < -0.39 is 0 Å². The molecule has 0 fully saturated rings. The van der Waals surface area contributed by atoms with Crippen LogP contribution < -0.4 is 5.32 Å². The largest absolute Gasteiger partial charge is 0.385 e. The molecule has 0 amide bonds. The predicted molar refractivity (Wildman–Crippen MR) is 87.3 cm³/mol. The van der Waals surface area contributed by atoms with Crippen LogP contribution in [0.1, 0.15) is 17.5 Å². The molecule has 0 aromatic heterocycles. The number of benzene rings is 2. The fourth-order valence-corrected chi connectivity index (χ4v) is 2.19. The summed E-state index contributed by atoms with van der Waals surface area (Å²) in [7, 11) is 0. The lowest BCUT2D eigenvalue weighted by molar-refractivity contribution is 0.958. The van der Waals surface area contributed by atoms with Gasteiger partial charge in [0, 0.05) is 12.2 Å². The number of hydrogen-bond acceptors (Lipinski definition) is 2. The smallest absolute Gasteiger partial charge is 0.0340 e. The first kappa shape index (κ1) is 14.0. The zero-order chi connectivity index (χ0) is 13.3. The molecule has 2 rings (SSSR count). The normalized spacial score (nSPS) is 10.4. The van der Waals surface area contributed by atoms with Gasteiger partial charge in [-0.2, -0.15) is 12.6 Å². The van der Waals surface area contributed by atoms with Gasteiger partial charge in [-0.15, -0.1) is 0 Å². The van der Waals surface area contributed by atoms with Gasteiger partial charge in [-0.3, -0.25) is 0 Å². The van der Waals surface area contributed by atoms with Crippen LogP contribution in [0.15, 0.2) is 54.6 Å². The molecule has 2 aromatic carbocycles. The van der Waals surface area contributed by atoms with Crippen molar-refractivity contribution in [3.8, 4) is 0 Å². The van der Waals surface area contributed by atoms with E-state index in [1.54, 1.807) is 0 Å². The first-order chi connectivity index (χ1) is 9.38. The van der Waals surface area contributed by atoms with E-state index in [2.05, 4.69) is 72.5 Å². The van der Waals surface area contributed by atoms with Gasteiger partial charge in [0.2, 0.25) is 0 Å². The summed E-state index contributed by atoms with van der Waals surface area (Å²) in [6.45, 7) is 0.993. The van der Waals surface area contributed by atoms with E-state index in [4.69, 9.17) is 0 Å². The summed E-state index contributed by atoms with van der Waals surface area (Å²) >= 11 is 4.21. The zero-order valence-electron chi connectivity index (χ0n) is 11.2. The highest BCUT2D eigenvalue weighted by Crippen LogP contribution is 2.12. The molecular weight excluding hydrogens is 250 g/mol. The summed E-state index contributed by atoms with van der Waals surface area (Å²) in [6, 6.07) is 19.4. The summed E-state index contributed by atoms with van der Waals surface area (Å²) < 4.78 is 0. The third-order valence-electron chi connectivity index (χ3n) is 3.16. The Kier molecular flexibility index (Phi) is 5.83. The van der Waals surface area contributed by atoms with Gasteiger partial charge in [-0.25, -0.2) is 0 Å². The van der Waals surface area contributed by atoms with E-state index in [-0.39, 0.29) is 0 Å². The van der Waals surface area contributed by atoms with Crippen LogP contribution in [0.4, 0.5) is 5.69 Å². The van der Waals surface area contributed by atoms with Crippen molar-refractivity contribution in [1.82, 2.24) is 0 Å². The summed E-state index contributed by atoms with van der Waals surface area (Å²) in [5.74, 6) is 0.933. The van der Waals surface area contributed by atoms with Gasteiger partial charge in [0.05, 0.1) is 0 Å². The molecule has 19 heavy (non-hydrogen) atoms. The third kappa shape index (κ3) is 4.99. The van der Waals surface area contributed by atoms with Crippen molar-refractivity contribution >= 4 is 18.3 Å². The second kappa shape index (κ2) is 7.90. The first-order valence-electron chi connectivity index (χ1n) is 6.86. The average molecular weight is 271 g/mol. The lowest BCUT2D eigenvalue weighted by Crippen LogP contribution is -2.01. The highest BCUT2D eigenvalue weighted by atomic mass is 32.1. The Balaban J connectivity index is 1.81. The maximum absolute atomic E-state index is 4.21. The fraction of sp³-hybridized carbons (Fsp3) is 0.294.